The number of aromatic hydroxyl groups is 2. The van der Waals surface area contributed by atoms with Gasteiger partial charge in [0.25, 0.3) is 30.4 Å². The second-order valence-corrected chi connectivity index (χ2v) is 33.1. The third-order valence-electron chi connectivity index (χ3n) is 10.6. The van der Waals surface area contributed by atoms with E-state index in [1.807, 2.05) is 0 Å². The van der Waals surface area contributed by atoms with E-state index in [1.165, 1.54) is 12.1 Å². The highest BCUT2D eigenvalue weighted by Gasteiger charge is 2.29. The van der Waals surface area contributed by atoms with Crippen molar-refractivity contribution in [2.75, 3.05) is 34.5 Å². The van der Waals surface area contributed by atoms with Gasteiger partial charge in [0, 0.05) is 26.0 Å². The van der Waals surface area contributed by atoms with Gasteiger partial charge < -0.3 is 20.8 Å². The summed E-state index contributed by atoms with van der Waals surface area (Å²) in [5, 5.41) is 65.5. The minimum atomic E-state index is -5.52. The predicted octanol–water partition coefficient (Wildman–Crippen LogP) is 8.52. The lowest BCUT2D eigenvalue weighted by Crippen LogP contribution is -2.14. The van der Waals surface area contributed by atoms with Gasteiger partial charge in [-0.15, -0.1) is 18.9 Å². The minimum absolute atomic E-state index is 0.00633. The number of benzene rings is 6. The summed E-state index contributed by atoms with van der Waals surface area (Å²) in [6.45, 7) is -0.385. The fourth-order valence-corrected chi connectivity index (χ4v) is 15.8. The zero-order valence-corrected chi connectivity index (χ0v) is 49.9. The van der Waals surface area contributed by atoms with E-state index in [1.54, 1.807) is 0 Å². The van der Waals surface area contributed by atoms with Crippen LogP contribution in [0.2, 0.25) is 5.28 Å². The maximum absolute atomic E-state index is 13.2. The summed E-state index contributed by atoms with van der Waals surface area (Å²) in [6.07, 6.45) is 0. The number of azo groups is 2. The van der Waals surface area contributed by atoms with Crippen molar-refractivity contribution in [2.24, 2.45) is 20.5 Å². The quantitative estimate of drug-likeness (QED) is 0.00355. The lowest BCUT2D eigenvalue weighted by atomic mass is 10.1. The molecule has 32 nitrogen and oxygen atoms in total. The number of phenols is 2. The fraction of sp³-hybridized carbons (Fsp3) is 0.103. The maximum Gasteiger partial charge on any atom is 0.297 e. The number of phenolic OH excluding ortho intramolecular Hbond substituents is 2. The molecule has 1 heterocycles. The average molecular weight is 1380 g/mol. The average Bonchev–Trinajstić information content (AvgIpc) is 1.67. The summed E-state index contributed by atoms with van der Waals surface area (Å²) >= 11 is 15.3. The van der Waals surface area contributed by atoms with Gasteiger partial charge in [-0.3, -0.25) is 17.8 Å². The number of rotatable bonds is 26. The van der Waals surface area contributed by atoms with Crippen molar-refractivity contribution in [3.05, 3.63) is 90.2 Å². The molecule has 1 unspecified atom stereocenters. The van der Waals surface area contributed by atoms with E-state index in [2.05, 4.69) is 76.4 Å². The van der Waals surface area contributed by atoms with Crippen LogP contribution in [-0.2, 0) is 91.7 Å². The summed E-state index contributed by atoms with van der Waals surface area (Å²) < 4.78 is 185. The van der Waals surface area contributed by atoms with Crippen molar-refractivity contribution in [3.63, 3.8) is 0 Å². The summed E-state index contributed by atoms with van der Waals surface area (Å²) in [6, 6.07) is 14.4. The van der Waals surface area contributed by atoms with Gasteiger partial charge in [0.15, 0.2) is 43.5 Å². The second-order valence-electron chi connectivity index (χ2n) is 15.8. The zero-order chi connectivity index (χ0) is 60.9. The molecule has 6 aromatic carbocycles. The molecule has 0 aliphatic heterocycles. The van der Waals surface area contributed by atoms with E-state index < -0.39 is 152 Å². The van der Waals surface area contributed by atoms with Gasteiger partial charge in [-0.25, -0.2) is 31.6 Å². The Morgan fingerprint density at radius 1 is 0.602 bits per heavy atom. The highest BCUT2D eigenvalue weighted by atomic mass is 35.5. The number of nitrogens with one attached hydrogen (secondary N) is 2. The predicted molar refractivity (Wildman–Crippen MR) is 303 cm³/mol. The van der Waals surface area contributed by atoms with E-state index in [4.69, 9.17) is 37.5 Å². The molecule has 1 atom stereocenters. The van der Waals surface area contributed by atoms with Crippen molar-refractivity contribution in [1.82, 2.24) is 15.0 Å². The van der Waals surface area contributed by atoms with Crippen molar-refractivity contribution < 1.29 is 104 Å². The first-order valence-corrected chi connectivity index (χ1v) is 35.8. The molecule has 0 saturated heterocycles. The number of aromatic nitrogens is 3. The number of hydrogen-bond acceptors (Lipinski definition) is 34. The first kappa shape index (κ1) is 65.2. The SMILES string of the molecule is O=S(=O)(O)c1cc(Nc2nc(Cl)nc(Nc3ccc4c(O)c(N=Nc5ccc(S(=O)(=O)CCS(=O)(=S)SS)cc5)c(S(=O)(=O)O)cc4c3S(=O)(=O)O)n2)c2c(O)c(N=Nc3ccc(S(=O)(=O)CCOSOOO)cc3)c(SOOO)cc2c1. The van der Waals surface area contributed by atoms with Crippen molar-refractivity contribution in [3.8, 4) is 11.5 Å². The molecule has 0 spiro atoms. The molecule has 9 N–H and O–H groups in total. The molecule has 7 aromatic rings. The molecule has 0 bridgehead atoms. The first-order valence-electron chi connectivity index (χ1n) is 21.4. The Balaban J connectivity index is 1.25. The number of anilines is 4. The molecule has 0 amide bonds. The van der Waals surface area contributed by atoms with Crippen molar-refractivity contribution in [2.45, 2.75) is 29.4 Å². The molecule has 1 aromatic heterocycles. The van der Waals surface area contributed by atoms with Crippen LogP contribution in [0.1, 0.15) is 0 Å². The number of fused-ring (bicyclic) bond motifs is 2. The molecular formula is C39H32ClN9O23S11. The van der Waals surface area contributed by atoms with E-state index in [0.717, 1.165) is 66.7 Å². The van der Waals surface area contributed by atoms with E-state index in [-0.39, 0.29) is 67.8 Å². The van der Waals surface area contributed by atoms with E-state index >= 15 is 0 Å². The largest absolute Gasteiger partial charge is 0.505 e. The molecule has 0 aliphatic rings. The Morgan fingerprint density at radius 2 is 1.17 bits per heavy atom. The minimum Gasteiger partial charge on any atom is -0.505 e. The molecule has 83 heavy (non-hydrogen) atoms. The third kappa shape index (κ3) is 16.4. The van der Waals surface area contributed by atoms with E-state index in [9.17, 15) is 70.2 Å². The molecule has 0 fully saturated rings. The smallest absolute Gasteiger partial charge is 0.297 e. The summed E-state index contributed by atoms with van der Waals surface area (Å²) in [5.41, 5.74) is -2.68. The van der Waals surface area contributed by atoms with Crippen molar-refractivity contribution >= 4 is 194 Å². The van der Waals surface area contributed by atoms with Gasteiger partial charge in [0.2, 0.25) is 17.2 Å². The number of sulfone groups is 2. The summed E-state index contributed by atoms with van der Waals surface area (Å²) in [7, 11) is -26.5. The molecule has 0 saturated carbocycles. The molecular weight excluding hydrogens is 1350 g/mol. The lowest BCUT2D eigenvalue weighted by Gasteiger charge is -2.16. The summed E-state index contributed by atoms with van der Waals surface area (Å²) in [4.78, 5) is 7.98. The Morgan fingerprint density at radius 3 is 1.71 bits per heavy atom. The molecule has 0 radical (unpaired) electrons. The van der Waals surface area contributed by atoms with Gasteiger partial charge in [-0.1, -0.05) is 21.7 Å². The topological polar surface area (TPSA) is 488 Å². The van der Waals surface area contributed by atoms with Crippen molar-refractivity contribution in [1.29, 1.82) is 0 Å². The van der Waals surface area contributed by atoms with Gasteiger partial charge in [0.1, 0.15) is 21.2 Å². The third-order valence-corrected chi connectivity index (χ3v) is 24.4. The van der Waals surface area contributed by atoms with Gasteiger partial charge >= 0.3 is 0 Å². The number of halogens is 1. The van der Waals surface area contributed by atoms with Crippen LogP contribution in [-0.4, -0.2) is 120 Å². The van der Waals surface area contributed by atoms with Crippen LogP contribution in [0.3, 0.4) is 0 Å². The molecule has 444 valence electrons. The Hall–Kier alpha value is -5.34. The van der Waals surface area contributed by atoms with E-state index in [0.29, 0.717) is 15.9 Å². The number of hydrogen-bond donors (Lipinski definition) is 10. The highest BCUT2D eigenvalue weighted by molar-refractivity contribution is 9.09. The monoisotopic (exact) mass is 1380 g/mol. The van der Waals surface area contributed by atoms with Gasteiger partial charge in [0.05, 0.1) is 85.8 Å². The van der Waals surface area contributed by atoms with Gasteiger partial charge in [-0.2, -0.15) is 50.4 Å². The zero-order valence-electron chi connectivity index (χ0n) is 40.1. The highest BCUT2D eigenvalue weighted by Crippen LogP contribution is 2.49. The fourth-order valence-electron chi connectivity index (χ4n) is 7.04. The normalized spacial score (nSPS) is 13.5. The lowest BCUT2D eigenvalue weighted by molar-refractivity contribution is -0.434. The molecule has 44 heteroatoms. The van der Waals surface area contributed by atoms with Crippen LogP contribution in [0.5, 0.6) is 11.5 Å². The Labute approximate surface area is 494 Å². The maximum atomic E-state index is 13.2. The summed E-state index contributed by atoms with van der Waals surface area (Å²) in [5.74, 6) is -4.78. The molecule has 0 aliphatic carbocycles. The number of thiol groups is 1. The molecule has 7 rings (SSSR count). The van der Waals surface area contributed by atoms with Crippen LogP contribution >= 0.6 is 57.5 Å². The van der Waals surface area contributed by atoms with Crippen LogP contribution in [0.15, 0.2) is 135 Å². The second kappa shape index (κ2) is 26.5. The van der Waals surface area contributed by atoms with Gasteiger partial charge in [-0.05, 0) is 113 Å². The number of nitrogens with zero attached hydrogens (tertiary/aromatic N) is 7. The van der Waals surface area contributed by atoms with Crippen LogP contribution in [0, 0.1) is 0 Å². The Kier molecular flexibility index (Phi) is 20.8. The van der Waals surface area contributed by atoms with Crippen LogP contribution < -0.4 is 10.6 Å². The van der Waals surface area contributed by atoms with Crippen LogP contribution in [0.25, 0.3) is 21.5 Å². The van der Waals surface area contributed by atoms with Crippen LogP contribution in [0.4, 0.5) is 46.0 Å². The Bertz CT molecular complexity index is 4440. The standard InChI is InChI=1S/C39H32ClN9O23S11/c40-37-43-38(41-27-10-9-25-26(36(27)83(65,66)67)18-30(82(62,63)64)33(34(25)50)49-47-21-3-7-23(8-4-21)79(56,57)13-14-80(58,74)77-73)45-39(44-37)42-28-17-24(81(59,60)61)15-19-16-29(75-71-69-52)32(35(51)31(19)28)48-46-20-1-5-22(6-2-20)78(54,55)12-11-68-76-72-70-53/h1-10,15-18,50-53,73H,11-14H2,(H,59,60,61)(H,62,63,64)(H,65,66,67)(H2,41,42,43,44,45). The first-order chi connectivity index (χ1) is 38.8.